The fourth-order valence-corrected chi connectivity index (χ4v) is 2.54. The second-order valence-electron chi connectivity index (χ2n) is 5.21. The number of piperidine rings is 1. The van der Waals surface area contributed by atoms with E-state index in [4.69, 9.17) is 9.47 Å². The van der Waals surface area contributed by atoms with Gasteiger partial charge >= 0.3 is 0 Å². The van der Waals surface area contributed by atoms with Crippen molar-refractivity contribution in [2.75, 3.05) is 26.8 Å². The normalized spacial score (nSPS) is 15.0. The van der Waals surface area contributed by atoms with Gasteiger partial charge in [0.2, 0.25) is 0 Å². The van der Waals surface area contributed by atoms with E-state index in [1.165, 1.54) is 19.2 Å². The Kier molecular flexibility index (Phi) is 5.75. The minimum atomic E-state index is -0.584. The van der Waals surface area contributed by atoms with Gasteiger partial charge in [-0.25, -0.2) is 0 Å². The minimum Gasteiger partial charge on any atom is -0.493 e. The highest BCUT2D eigenvalue weighted by molar-refractivity contribution is 5.99. The Balaban J connectivity index is 2.30. The topological polar surface area (TPSA) is 103 Å². The molecule has 0 aliphatic carbocycles. The minimum absolute atomic E-state index is 0.0147. The summed E-state index contributed by atoms with van der Waals surface area (Å²) in [6.45, 7) is 3.75. The fraction of sp³-hybridized carbons (Fsp3) is 0.533. The summed E-state index contributed by atoms with van der Waals surface area (Å²) in [6.07, 6.45) is 1.60. The van der Waals surface area contributed by atoms with E-state index in [-0.39, 0.29) is 23.0 Å². The highest BCUT2D eigenvalue weighted by Crippen LogP contribution is 2.34. The van der Waals surface area contributed by atoms with Crippen LogP contribution in [-0.2, 0) is 0 Å². The average Bonchev–Trinajstić information content (AvgIpc) is 2.55. The molecule has 0 aromatic heterocycles. The molecule has 0 saturated carbocycles. The van der Waals surface area contributed by atoms with E-state index in [1.807, 2.05) is 0 Å². The third-order valence-corrected chi connectivity index (χ3v) is 3.70. The van der Waals surface area contributed by atoms with Crippen LogP contribution in [0.3, 0.4) is 0 Å². The lowest BCUT2D eigenvalue weighted by molar-refractivity contribution is -0.385. The molecule has 23 heavy (non-hydrogen) atoms. The zero-order chi connectivity index (χ0) is 16.8. The Bertz CT molecular complexity index is 585. The highest BCUT2D eigenvalue weighted by atomic mass is 16.6. The Morgan fingerprint density at radius 3 is 2.65 bits per heavy atom. The highest BCUT2D eigenvalue weighted by Gasteiger charge is 2.26. The average molecular weight is 323 g/mol. The predicted octanol–water partition coefficient (Wildman–Crippen LogP) is 1.48. The molecule has 2 rings (SSSR count). The number of ether oxygens (including phenoxy) is 2. The summed E-state index contributed by atoms with van der Waals surface area (Å²) in [7, 11) is 1.43. The molecule has 8 heteroatoms. The molecule has 126 valence electrons. The first-order valence-corrected chi connectivity index (χ1v) is 7.57. The van der Waals surface area contributed by atoms with E-state index >= 15 is 0 Å². The van der Waals surface area contributed by atoms with Crippen molar-refractivity contribution in [2.45, 2.75) is 25.8 Å². The summed E-state index contributed by atoms with van der Waals surface area (Å²) >= 11 is 0. The number of nitrogens with zero attached hydrogens (tertiary/aromatic N) is 1. The summed E-state index contributed by atoms with van der Waals surface area (Å²) in [5, 5.41) is 17.3. The number of hydrogen-bond acceptors (Lipinski definition) is 6. The summed E-state index contributed by atoms with van der Waals surface area (Å²) in [6, 6.07) is 2.61. The van der Waals surface area contributed by atoms with Gasteiger partial charge in [-0.3, -0.25) is 14.9 Å². The number of nitrogens with one attached hydrogen (secondary N) is 2. The van der Waals surface area contributed by atoms with Crippen molar-refractivity contribution < 1.29 is 19.2 Å². The van der Waals surface area contributed by atoms with Gasteiger partial charge in [0.15, 0.2) is 11.5 Å². The van der Waals surface area contributed by atoms with Crippen LogP contribution in [0.4, 0.5) is 5.69 Å². The summed E-state index contributed by atoms with van der Waals surface area (Å²) in [5.74, 6) is 0.0815. The van der Waals surface area contributed by atoms with Crippen LogP contribution in [0.15, 0.2) is 12.1 Å². The second-order valence-corrected chi connectivity index (χ2v) is 5.21. The summed E-state index contributed by atoms with van der Waals surface area (Å²) < 4.78 is 10.5. The van der Waals surface area contributed by atoms with E-state index in [2.05, 4.69) is 10.6 Å². The number of carbonyl (C=O) groups is 1. The van der Waals surface area contributed by atoms with Crippen LogP contribution in [0.1, 0.15) is 30.1 Å². The number of rotatable bonds is 6. The number of amides is 1. The van der Waals surface area contributed by atoms with Gasteiger partial charge in [0.25, 0.3) is 11.6 Å². The number of nitro benzene ring substituents is 1. The standard InChI is InChI=1S/C15H21N3O5/c1-3-23-14-9-12(18(20)21)11(8-13(14)22-2)15(19)17-10-4-6-16-7-5-10/h8-10,16H,3-7H2,1-2H3,(H,17,19). The van der Waals surface area contributed by atoms with Crippen molar-refractivity contribution >= 4 is 11.6 Å². The van der Waals surface area contributed by atoms with Crippen LogP contribution < -0.4 is 20.1 Å². The van der Waals surface area contributed by atoms with Gasteiger partial charge in [-0.1, -0.05) is 0 Å². The molecule has 1 heterocycles. The molecule has 0 spiro atoms. The lowest BCUT2D eigenvalue weighted by atomic mass is 10.1. The third kappa shape index (κ3) is 4.10. The zero-order valence-corrected chi connectivity index (χ0v) is 13.3. The zero-order valence-electron chi connectivity index (χ0n) is 13.3. The Morgan fingerprint density at radius 1 is 1.39 bits per heavy atom. The lowest BCUT2D eigenvalue weighted by Crippen LogP contribution is -2.42. The van der Waals surface area contributed by atoms with Crippen molar-refractivity contribution in [3.8, 4) is 11.5 Å². The van der Waals surface area contributed by atoms with Crippen molar-refractivity contribution in [1.82, 2.24) is 10.6 Å². The van der Waals surface area contributed by atoms with Gasteiger partial charge in [0, 0.05) is 12.1 Å². The maximum atomic E-state index is 12.4. The van der Waals surface area contributed by atoms with Crippen LogP contribution in [0.25, 0.3) is 0 Å². The monoisotopic (exact) mass is 323 g/mol. The van der Waals surface area contributed by atoms with E-state index < -0.39 is 10.8 Å². The van der Waals surface area contributed by atoms with Gasteiger partial charge in [0.1, 0.15) is 5.56 Å². The van der Waals surface area contributed by atoms with E-state index in [0.717, 1.165) is 25.9 Å². The first kappa shape index (κ1) is 17.0. The Labute approximate surface area is 134 Å². The van der Waals surface area contributed by atoms with Crippen LogP contribution in [0, 0.1) is 10.1 Å². The largest absolute Gasteiger partial charge is 0.493 e. The van der Waals surface area contributed by atoms with Gasteiger partial charge < -0.3 is 20.1 Å². The number of hydrogen-bond donors (Lipinski definition) is 2. The summed E-state index contributed by atoms with van der Waals surface area (Å²) in [5.41, 5.74) is -0.311. The number of benzene rings is 1. The smallest absolute Gasteiger partial charge is 0.286 e. The number of carbonyl (C=O) groups excluding carboxylic acids is 1. The molecule has 1 aromatic rings. The Hall–Kier alpha value is -2.35. The maximum absolute atomic E-state index is 12.4. The molecule has 2 N–H and O–H groups in total. The maximum Gasteiger partial charge on any atom is 0.286 e. The van der Waals surface area contributed by atoms with Gasteiger partial charge in [-0.05, 0) is 32.9 Å². The van der Waals surface area contributed by atoms with Crippen LogP contribution >= 0.6 is 0 Å². The molecule has 0 unspecified atom stereocenters. The third-order valence-electron chi connectivity index (χ3n) is 3.70. The van der Waals surface area contributed by atoms with Gasteiger partial charge in [-0.15, -0.1) is 0 Å². The molecule has 1 aromatic carbocycles. The molecular weight excluding hydrogens is 302 g/mol. The van der Waals surface area contributed by atoms with Crippen molar-refractivity contribution in [3.63, 3.8) is 0 Å². The van der Waals surface area contributed by atoms with Crippen molar-refractivity contribution in [2.24, 2.45) is 0 Å². The van der Waals surface area contributed by atoms with E-state index in [1.54, 1.807) is 6.92 Å². The van der Waals surface area contributed by atoms with Gasteiger partial charge in [0.05, 0.1) is 24.7 Å². The molecule has 1 saturated heterocycles. The first-order chi connectivity index (χ1) is 11.1. The quantitative estimate of drug-likeness (QED) is 0.607. The molecule has 1 amide bonds. The molecular formula is C15H21N3O5. The van der Waals surface area contributed by atoms with Gasteiger partial charge in [-0.2, -0.15) is 0 Å². The van der Waals surface area contributed by atoms with E-state index in [0.29, 0.717) is 12.4 Å². The van der Waals surface area contributed by atoms with Crippen molar-refractivity contribution in [1.29, 1.82) is 0 Å². The SMILES string of the molecule is CCOc1cc([N+](=O)[O-])c(C(=O)NC2CCNCC2)cc1OC. The molecule has 0 radical (unpaired) electrons. The first-order valence-electron chi connectivity index (χ1n) is 7.57. The molecule has 1 aliphatic rings. The summed E-state index contributed by atoms with van der Waals surface area (Å²) in [4.78, 5) is 23.2. The molecule has 8 nitrogen and oxygen atoms in total. The van der Waals surface area contributed by atoms with Crippen LogP contribution in [0.5, 0.6) is 11.5 Å². The lowest BCUT2D eigenvalue weighted by Gasteiger charge is -2.23. The Morgan fingerprint density at radius 2 is 2.09 bits per heavy atom. The van der Waals surface area contributed by atoms with Crippen molar-refractivity contribution in [3.05, 3.63) is 27.8 Å². The van der Waals surface area contributed by atoms with Crippen LogP contribution in [-0.4, -0.2) is 43.7 Å². The molecule has 0 bridgehead atoms. The molecule has 0 atom stereocenters. The number of nitro groups is 1. The van der Waals surface area contributed by atoms with Crippen LogP contribution in [0.2, 0.25) is 0 Å². The fourth-order valence-electron chi connectivity index (χ4n) is 2.54. The predicted molar refractivity (Wildman–Crippen MR) is 84.2 cm³/mol. The molecule has 1 aliphatic heterocycles. The molecule has 1 fully saturated rings. The second kappa shape index (κ2) is 7.77. The van der Waals surface area contributed by atoms with E-state index in [9.17, 15) is 14.9 Å². The number of methoxy groups -OCH3 is 1.